The molecule has 7 nitrogen and oxygen atoms in total. The number of benzene rings is 1. The normalized spacial score (nSPS) is 17.1. The van der Waals surface area contributed by atoms with E-state index in [0.717, 1.165) is 28.1 Å². The summed E-state index contributed by atoms with van der Waals surface area (Å²) >= 11 is 1.66. The van der Waals surface area contributed by atoms with E-state index in [0.29, 0.717) is 6.54 Å². The van der Waals surface area contributed by atoms with Crippen molar-refractivity contribution >= 4 is 39.4 Å². The number of amides is 4. The lowest BCUT2D eigenvalue weighted by Gasteiger charge is -2.07. The maximum Gasteiger partial charge on any atom is 0.322 e. The van der Waals surface area contributed by atoms with Gasteiger partial charge in [0.25, 0.3) is 5.91 Å². The minimum absolute atomic E-state index is 0.0429. The zero-order valence-corrected chi connectivity index (χ0v) is 13.1. The first kappa shape index (κ1) is 15.4. The first-order valence-corrected chi connectivity index (χ1v) is 8.16. The number of aryl methyl sites for hydroxylation is 1. The van der Waals surface area contributed by atoms with Crippen molar-refractivity contribution in [2.24, 2.45) is 0 Å². The standard InChI is InChI=1S/C15H16N4O3S/c20-12(8-10-14(21)19-15(22)18-10)16-7-3-6-13-17-9-4-1-2-5-11(9)23-13/h1-2,4-5,10H,3,6-8H2,(H,16,20)(H2,18,19,21,22). The second kappa shape index (κ2) is 6.74. The summed E-state index contributed by atoms with van der Waals surface area (Å²) in [4.78, 5) is 38.6. The van der Waals surface area contributed by atoms with Crippen LogP contribution in [0.4, 0.5) is 4.79 Å². The Kier molecular flexibility index (Phi) is 4.52. The van der Waals surface area contributed by atoms with E-state index in [9.17, 15) is 14.4 Å². The molecule has 1 atom stereocenters. The first-order valence-electron chi connectivity index (χ1n) is 7.34. The average Bonchev–Trinajstić information content (AvgIpc) is 3.06. The molecule has 1 unspecified atom stereocenters. The molecule has 0 aliphatic carbocycles. The summed E-state index contributed by atoms with van der Waals surface area (Å²) in [6.45, 7) is 0.511. The van der Waals surface area contributed by atoms with Gasteiger partial charge in [-0.2, -0.15) is 0 Å². The lowest BCUT2D eigenvalue weighted by molar-refractivity contribution is -0.126. The lowest BCUT2D eigenvalue weighted by Crippen LogP contribution is -2.36. The van der Waals surface area contributed by atoms with E-state index in [1.165, 1.54) is 0 Å². The number of hydrogen-bond acceptors (Lipinski definition) is 5. The van der Waals surface area contributed by atoms with Crippen LogP contribution in [0.1, 0.15) is 17.8 Å². The molecule has 2 aromatic rings. The monoisotopic (exact) mass is 332 g/mol. The molecule has 4 amide bonds. The highest BCUT2D eigenvalue weighted by molar-refractivity contribution is 7.18. The molecule has 8 heteroatoms. The molecule has 1 aliphatic heterocycles. The van der Waals surface area contributed by atoms with Gasteiger partial charge in [0.15, 0.2) is 0 Å². The summed E-state index contributed by atoms with van der Waals surface area (Å²) in [7, 11) is 0. The molecule has 2 heterocycles. The Balaban J connectivity index is 1.40. The molecule has 1 aliphatic rings. The number of carbonyl (C=O) groups is 3. The third kappa shape index (κ3) is 3.84. The van der Waals surface area contributed by atoms with Crippen LogP contribution in [0.15, 0.2) is 24.3 Å². The average molecular weight is 332 g/mol. The number of rotatable bonds is 6. The number of aromatic nitrogens is 1. The molecular formula is C15H16N4O3S. The maximum atomic E-state index is 11.7. The van der Waals surface area contributed by atoms with Crippen molar-refractivity contribution in [1.29, 1.82) is 0 Å². The van der Waals surface area contributed by atoms with E-state index in [1.807, 2.05) is 24.3 Å². The van der Waals surface area contributed by atoms with Crippen molar-refractivity contribution in [2.45, 2.75) is 25.3 Å². The zero-order valence-electron chi connectivity index (χ0n) is 12.3. The Labute approximate surface area is 136 Å². The second-order valence-electron chi connectivity index (χ2n) is 5.25. The number of nitrogens with zero attached hydrogens (tertiary/aromatic N) is 1. The smallest absolute Gasteiger partial charge is 0.322 e. The fraction of sp³-hybridized carbons (Fsp3) is 0.333. The molecule has 1 fully saturated rings. The molecule has 3 N–H and O–H groups in total. The zero-order chi connectivity index (χ0) is 16.2. The molecule has 23 heavy (non-hydrogen) atoms. The van der Waals surface area contributed by atoms with E-state index in [1.54, 1.807) is 11.3 Å². The van der Waals surface area contributed by atoms with Gasteiger partial charge in [-0.05, 0) is 18.6 Å². The highest BCUT2D eigenvalue weighted by Gasteiger charge is 2.30. The molecule has 1 saturated heterocycles. The number of fused-ring (bicyclic) bond motifs is 1. The summed E-state index contributed by atoms with van der Waals surface area (Å²) in [5.41, 5.74) is 1.000. The van der Waals surface area contributed by atoms with Crippen LogP contribution < -0.4 is 16.0 Å². The molecule has 0 radical (unpaired) electrons. The molecule has 0 bridgehead atoms. The summed E-state index contributed by atoms with van der Waals surface area (Å²) in [6.07, 6.45) is 1.52. The van der Waals surface area contributed by atoms with Gasteiger partial charge in [-0.25, -0.2) is 9.78 Å². The predicted molar refractivity (Wildman–Crippen MR) is 86.0 cm³/mol. The summed E-state index contributed by atoms with van der Waals surface area (Å²) in [5, 5.41) is 8.29. The second-order valence-corrected chi connectivity index (χ2v) is 6.36. The van der Waals surface area contributed by atoms with E-state index < -0.39 is 18.0 Å². The van der Waals surface area contributed by atoms with Gasteiger partial charge in [0.1, 0.15) is 6.04 Å². The maximum absolute atomic E-state index is 11.7. The molecular weight excluding hydrogens is 316 g/mol. The molecule has 3 rings (SSSR count). The van der Waals surface area contributed by atoms with Gasteiger partial charge in [0, 0.05) is 13.0 Å². The number of carbonyl (C=O) groups excluding carboxylic acids is 3. The van der Waals surface area contributed by atoms with Crippen LogP contribution in [0.25, 0.3) is 10.2 Å². The summed E-state index contributed by atoms with van der Waals surface area (Å²) < 4.78 is 1.16. The molecule has 1 aromatic carbocycles. The predicted octanol–water partition coefficient (Wildman–Crippen LogP) is 0.943. The minimum Gasteiger partial charge on any atom is -0.356 e. The third-order valence-corrected chi connectivity index (χ3v) is 4.57. The number of hydrogen-bond donors (Lipinski definition) is 3. The highest BCUT2D eigenvalue weighted by atomic mass is 32.1. The number of imide groups is 1. The number of thiazole rings is 1. The first-order chi connectivity index (χ1) is 11.1. The Morgan fingerprint density at radius 1 is 1.30 bits per heavy atom. The molecule has 0 spiro atoms. The van der Waals surface area contributed by atoms with Gasteiger partial charge in [0.05, 0.1) is 21.6 Å². The number of nitrogens with one attached hydrogen (secondary N) is 3. The topological polar surface area (TPSA) is 100 Å². The van der Waals surface area contributed by atoms with Gasteiger partial charge in [0.2, 0.25) is 5.91 Å². The molecule has 1 aromatic heterocycles. The van der Waals surface area contributed by atoms with Crippen LogP contribution in [0.5, 0.6) is 0 Å². The largest absolute Gasteiger partial charge is 0.356 e. The Morgan fingerprint density at radius 3 is 2.87 bits per heavy atom. The summed E-state index contributed by atoms with van der Waals surface area (Å²) in [6, 6.07) is 6.65. The van der Waals surface area contributed by atoms with Crippen molar-refractivity contribution in [1.82, 2.24) is 20.9 Å². The quantitative estimate of drug-likeness (QED) is 0.541. The van der Waals surface area contributed by atoms with E-state index >= 15 is 0 Å². The fourth-order valence-corrected chi connectivity index (χ4v) is 3.36. The van der Waals surface area contributed by atoms with Crippen molar-refractivity contribution < 1.29 is 14.4 Å². The molecule has 0 saturated carbocycles. The van der Waals surface area contributed by atoms with E-state index in [-0.39, 0.29) is 12.3 Å². The fourth-order valence-electron chi connectivity index (χ4n) is 2.35. The van der Waals surface area contributed by atoms with Crippen LogP contribution >= 0.6 is 11.3 Å². The van der Waals surface area contributed by atoms with Gasteiger partial charge in [-0.1, -0.05) is 12.1 Å². The number of para-hydroxylation sites is 1. The Morgan fingerprint density at radius 2 is 2.13 bits per heavy atom. The van der Waals surface area contributed by atoms with Gasteiger partial charge in [-0.15, -0.1) is 11.3 Å². The van der Waals surface area contributed by atoms with E-state index in [4.69, 9.17) is 0 Å². The third-order valence-electron chi connectivity index (χ3n) is 3.48. The van der Waals surface area contributed by atoms with Crippen LogP contribution in [0, 0.1) is 0 Å². The van der Waals surface area contributed by atoms with Crippen molar-refractivity contribution in [3.05, 3.63) is 29.3 Å². The van der Waals surface area contributed by atoms with Crippen molar-refractivity contribution in [3.63, 3.8) is 0 Å². The van der Waals surface area contributed by atoms with Crippen LogP contribution in [0.2, 0.25) is 0 Å². The van der Waals surface area contributed by atoms with E-state index in [2.05, 4.69) is 20.9 Å². The minimum atomic E-state index is -0.772. The van der Waals surface area contributed by atoms with Gasteiger partial charge in [-0.3, -0.25) is 14.9 Å². The van der Waals surface area contributed by atoms with Crippen LogP contribution in [-0.4, -0.2) is 35.4 Å². The highest BCUT2D eigenvalue weighted by Crippen LogP contribution is 2.22. The van der Waals surface area contributed by atoms with Crippen LogP contribution in [0.3, 0.4) is 0 Å². The van der Waals surface area contributed by atoms with Crippen LogP contribution in [-0.2, 0) is 16.0 Å². The van der Waals surface area contributed by atoms with Gasteiger partial charge >= 0.3 is 6.03 Å². The van der Waals surface area contributed by atoms with Crippen molar-refractivity contribution in [2.75, 3.05) is 6.54 Å². The molecule has 120 valence electrons. The number of urea groups is 1. The SMILES string of the molecule is O=C(CC1NC(=O)NC1=O)NCCCc1nc2ccccc2s1. The van der Waals surface area contributed by atoms with Gasteiger partial charge < -0.3 is 10.6 Å². The summed E-state index contributed by atoms with van der Waals surface area (Å²) in [5.74, 6) is -0.712. The lowest BCUT2D eigenvalue weighted by atomic mass is 10.2. The van der Waals surface area contributed by atoms with Crippen molar-refractivity contribution in [3.8, 4) is 0 Å². The Bertz CT molecular complexity index is 725. The Hall–Kier alpha value is -2.48.